The van der Waals surface area contributed by atoms with E-state index in [0.717, 1.165) is 18.9 Å². The maximum absolute atomic E-state index is 11.1. The summed E-state index contributed by atoms with van der Waals surface area (Å²) in [5.74, 6) is -1.17. The van der Waals surface area contributed by atoms with Crippen LogP contribution in [0.15, 0.2) is 18.2 Å². The molecule has 0 spiro atoms. The monoisotopic (exact) mass is 266 g/mol. The number of aromatic carboxylic acids is 1. The normalized spacial score (nSPS) is 10.5. The van der Waals surface area contributed by atoms with Crippen molar-refractivity contribution in [3.8, 4) is 0 Å². The summed E-state index contributed by atoms with van der Waals surface area (Å²) in [6, 6.07) is 4.19. The first-order valence-corrected chi connectivity index (χ1v) is 6.16. The van der Waals surface area contributed by atoms with Crippen LogP contribution in [-0.2, 0) is 0 Å². The predicted octanol–water partition coefficient (Wildman–Crippen LogP) is 2.92. The number of rotatable bonds is 6. The minimum atomic E-state index is -1.17. The number of hydrogen-bond acceptors (Lipinski definition) is 4. The molecule has 104 valence electrons. The first kappa shape index (κ1) is 14.9. The van der Waals surface area contributed by atoms with Gasteiger partial charge in [-0.25, -0.2) is 4.79 Å². The zero-order chi connectivity index (χ0) is 14.6. The first-order valence-electron chi connectivity index (χ1n) is 6.16. The Morgan fingerprint density at radius 1 is 1.42 bits per heavy atom. The second kappa shape index (κ2) is 6.17. The third-order valence-electron chi connectivity index (χ3n) is 3.29. The highest BCUT2D eigenvalue weighted by atomic mass is 16.6. The van der Waals surface area contributed by atoms with E-state index in [9.17, 15) is 14.9 Å². The van der Waals surface area contributed by atoms with E-state index in [-0.39, 0.29) is 17.3 Å². The molecule has 6 nitrogen and oxygen atoms in total. The van der Waals surface area contributed by atoms with Crippen LogP contribution in [-0.4, -0.2) is 29.1 Å². The van der Waals surface area contributed by atoms with Crippen LogP contribution < -0.4 is 4.90 Å². The summed E-state index contributed by atoms with van der Waals surface area (Å²) >= 11 is 0. The molecule has 1 N–H and O–H groups in total. The van der Waals surface area contributed by atoms with Gasteiger partial charge in [0.25, 0.3) is 5.69 Å². The number of benzene rings is 1. The molecule has 0 heterocycles. The van der Waals surface area contributed by atoms with E-state index < -0.39 is 10.9 Å². The summed E-state index contributed by atoms with van der Waals surface area (Å²) in [5, 5.41) is 20.0. The standard InChI is InChI=1S/C13H18N2O4/c1-4-10(5-2)14(3)11-7-6-9(13(16)17)8-12(11)15(18)19/h6-8,10H,4-5H2,1-3H3,(H,16,17). The van der Waals surface area contributed by atoms with Crippen LogP contribution in [0.2, 0.25) is 0 Å². The van der Waals surface area contributed by atoms with Crippen LogP contribution in [0, 0.1) is 10.1 Å². The SMILES string of the molecule is CCC(CC)N(C)c1ccc(C(=O)O)cc1[N+](=O)[O-]. The Bertz CT molecular complexity index is 484. The Morgan fingerprint density at radius 3 is 2.42 bits per heavy atom. The zero-order valence-electron chi connectivity index (χ0n) is 11.3. The molecule has 1 rings (SSSR count). The van der Waals surface area contributed by atoms with Crippen LogP contribution in [0.1, 0.15) is 37.0 Å². The van der Waals surface area contributed by atoms with Gasteiger partial charge in [0.05, 0.1) is 10.5 Å². The van der Waals surface area contributed by atoms with Gasteiger partial charge >= 0.3 is 5.97 Å². The van der Waals surface area contributed by atoms with Gasteiger partial charge in [-0.05, 0) is 25.0 Å². The van der Waals surface area contributed by atoms with Crippen molar-refractivity contribution < 1.29 is 14.8 Å². The van der Waals surface area contributed by atoms with E-state index in [1.807, 2.05) is 18.7 Å². The molecule has 0 aromatic heterocycles. The van der Waals surface area contributed by atoms with Crippen molar-refractivity contribution in [2.24, 2.45) is 0 Å². The number of carboxylic acids is 1. The quantitative estimate of drug-likeness (QED) is 0.632. The first-order chi connectivity index (χ1) is 8.92. The Balaban J connectivity index is 3.27. The molecule has 0 saturated heterocycles. The third-order valence-corrected chi connectivity index (χ3v) is 3.29. The van der Waals surface area contributed by atoms with Crippen molar-refractivity contribution in [3.05, 3.63) is 33.9 Å². The van der Waals surface area contributed by atoms with Gasteiger partial charge in [-0.3, -0.25) is 10.1 Å². The minimum absolute atomic E-state index is 0.0756. The fourth-order valence-electron chi connectivity index (χ4n) is 2.13. The van der Waals surface area contributed by atoms with Gasteiger partial charge in [0.2, 0.25) is 0 Å². The number of hydrogen-bond donors (Lipinski definition) is 1. The van der Waals surface area contributed by atoms with E-state index in [4.69, 9.17) is 5.11 Å². The van der Waals surface area contributed by atoms with Crippen LogP contribution in [0.3, 0.4) is 0 Å². The van der Waals surface area contributed by atoms with Gasteiger partial charge < -0.3 is 10.0 Å². The fraction of sp³-hybridized carbons (Fsp3) is 0.462. The number of nitrogens with zero attached hydrogens (tertiary/aromatic N) is 2. The highest BCUT2D eigenvalue weighted by Crippen LogP contribution is 2.30. The molecule has 0 aliphatic rings. The van der Waals surface area contributed by atoms with E-state index >= 15 is 0 Å². The largest absolute Gasteiger partial charge is 0.478 e. The van der Waals surface area contributed by atoms with Crippen molar-refractivity contribution in [2.75, 3.05) is 11.9 Å². The van der Waals surface area contributed by atoms with Gasteiger partial charge in [-0.15, -0.1) is 0 Å². The molecule has 0 saturated carbocycles. The molecular weight excluding hydrogens is 248 g/mol. The molecule has 0 unspecified atom stereocenters. The molecule has 0 atom stereocenters. The second-order valence-electron chi connectivity index (χ2n) is 4.35. The Hall–Kier alpha value is -2.11. The molecule has 1 aromatic rings. The smallest absolute Gasteiger partial charge is 0.335 e. The van der Waals surface area contributed by atoms with Crippen molar-refractivity contribution in [1.29, 1.82) is 0 Å². The molecule has 0 aliphatic heterocycles. The van der Waals surface area contributed by atoms with Crippen LogP contribution in [0.4, 0.5) is 11.4 Å². The summed E-state index contributed by atoms with van der Waals surface area (Å²) in [7, 11) is 1.79. The highest BCUT2D eigenvalue weighted by molar-refractivity contribution is 5.89. The van der Waals surface area contributed by atoms with Gasteiger partial charge in [-0.1, -0.05) is 13.8 Å². The summed E-state index contributed by atoms with van der Waals surface area (Å²) in [6.07, 6.45) is 1.73. The average Bonchev–Trinajstić information content (AvgIpc) is 2.39. The van der Waals surface area contributed by atoms with Gasteiger partial charge in [0.15, 0.2) is 0 Å². The summed E-state index contributed by atoms with van der Waals surface area (Å²) in [5.41, 5.74) is 0.200. The van der Waals surface area contributed by atoms with Crippen LogP contribution in [0.25, 0.3) is 0 Å². The Labute approximate surface area is 111 Å². The molecule has 0 fully saturated rings. The molecule has 19 heavy (non-hydrogen) atoms. The van der Waals surface area contributed by atoms with E-state index in [1.165, 1.54) is 12.1 Å². The van der Waals surface area contributed by atoms with Crippen molar-refractivity contribution >= 4 is 17.3 Å². The third kappa shape index (κ3) is 3.21. The Kier molecular flexibility index (Phi) is 4.86. The van der Waals surface area contributed by atoms with Gasteiger partial charge in [0.1, 0.15) is 5.69 Å². The molecule has 1 aromatic carbocycles. The summed E-state index contributed by atoms with van der Waals surface area (Å²) in [6.45, 7) is 4.03. The van der Waals surface area contributed by atoms with E-state index in [2.05, 4.69) is 0 Å². The zero-order valence-corrected chi connectivity index (χ0v) is 11.3. The number of anilines is 1. The molecule has 0 amide bonds. The van der Waals surface area contributed by atoms with E-state index in [0.29, 0.717) is 5.69 Å². The second-order valence-corrected chi connectivity index (χ2v) is 4.35. The lowest BCUT2D eigenvalue weighted by Gasteiger charge is -2.28. The topological polar surface area (TPSA) is 83.7 Å². The number of carboxylic acid groups (broad SMARTS) is 1. The van der Waals surface area contributed by atoms with Crippen molar-refractivity contribution in [2.45, 2.75) is 32.7 Å². The molecule has 0 radical (unpaired) electrons. The van der Waals surface area contributed by atoms with Crippen molar-refractivity contribution in [3.63, 3.8) is 0 Å². The lowest BCUT2D eigenvalue weighted by atomic mass is 10.1. The van der Waals surface area contributed by atoms with Gasteiger partial charge in [-0.2, -0.15) is 0 Å². The minimum Gasteiger partial charge on any atom is -0.478 e. The molecule has 0 aliphatic carbocycles. The van der Waals surface area contributed by atoms with Crippen LogP contribution >= 0.6 is 0 Å². The number of nitro benzene ring substituents is 1. The number of carbonyl (C=O) groups is 1. The van der Waals surface area contributed by atoms with E-state index in [1.54, 1.807) is 7.05 Å². The molecule has 6 heteroatoms. The summed E-state index contributed by atoms with van der Waals surface area (Å²) in [4.78, 5) is 23.2. The lowest BCUT2D eigenvalue weighted by Crippen LogP contribution is -2.30. The predicted molar refractivity (Wildman–Crippen MR) is 72.8 cm³/mol. The van der Waals surface area contributed by atoms with Gasteiger partial charge in [0, 0.05) is 19.2 Å². The molecular formula is C13H18N2O4. The Morgan fingerprint density at radius 2 is 2.00 bits per heavy atom. The molecule has 0 bridgehead atoms. The average molecular weight is 266 g/mol. The van der Waals surface area contributed by atoms with Crippen LogP contribution in [0.5, 0.6) is 0 Å². The maximum Gasteiger partial charge on any atom is 0.335 e. The fourth-order valence-corrected chi connectivity index (χ4v) is 2.13. The lowest BCUT2D eigenvalue weighted by molar-refractivity contribution is -0.384. The maximum atomic E-state index is 11.1. The van der Waals surface area contributed by atoms with Crippen molar-refractivity contribution in [1.82, 2.24) is 0 Å². The highest BCUT2D eigenvalue weighted by Gasteiger charge is 2.22. The number of nitro groups is 1. The summed E-state index contributed by atoms with van der Waals surface area (Å²) < 4.78 is 0.